The molecule has 0 atom stereocenters. The van der Waals surface area contributed by atoms with Crippen molar-refractivity contribution in [1.29, 1.82) is 0 Å². The number of nitrogens with one attached hydrogen (secondary N) is 1. The lowest BCUT2D eigenvalue weighted by atomic mass is 10.3. The van der Waals surface area contributed by atoms with Crippen LogP contribution in [0.15, 0.2) is 42.7 Å². The van der Waals surface area contributed by atoms with Crippen LogP contribution < -0.4 is 10.2 Å². The van der Waals surface area contributed by atoms with Crippen LogP contribution in [0.5, 0.6) is 0 Å². The van der Waals surface area contributed by atoms with Gasteiger partial charge in [0.2, 0.25) is 0 Å². The van der Waals surface area contributed by atoms with Gasteiger partial charge in [-0.15, -0.1) is 0 Å². The van der Waals surface area contributed by atoms with Crippen LogP contribution in [0.3, 0.4) is 0 Å². The number of pyridine rings is 1. The lowest BCUT2D eigenvalue weighted by Gasteiger charge is -2.23. The van der Waals surface area contributed by atoms with Crippen LogP contribution in [-0.4, -0.2) is 42.1 Å². The van der Waals surface area contributed by atoms with E-state index in [1.165, 1.54) is 18.2 Å². The molecule has 7 heteroatoms. The maximum atomic E-state index is 13.2. The molecule has 1 aromatic heterocycles. The van der Waals surface area contributed by atoms with Crippen molar-refractivity contribution >= 4 is 29.0 Å². The molecular weight excluding hydrogens is 331 g/mol. The summed E-state index contributed by atoms with van der Waals surface area (Å²) >= 11 is 5.74. The highest BCUT2D eigenvalue weighted by Crippen LogP contribution is 2.20. The third-order valence-corrected chi connectivity index (χ3v) is 4.27. The van der Waals surface area contributed by atoms with Gasteiger partial charge in [0.25, 0.3) is 0 Å². The third-order valence-electron chi connectivity index (χ3n) is 3.98. The van der Waals surface area contributed by atoms with Crippen molar-refractivity contribution in [2.45, 2.75) is 6.42 Å². The molecule has 2 amide bonds. The Hall–Kier alpha value is -2.34. The number of anilines is 2. The molecule has 2 aromatic rings. The van der Waals surface area contributed by atoms with Gasteiger partial charge in [-0.3, -0.25) is 4.98 Å². The summed E-state index contributed by atoms with van der Waals surface area (Å²) in [6.45, 7) is 2.92. The van der Waals surface area contributed by atoms with Gasteiger partial charge in [-0.2, -0.15) is 0 Å². The second-order valence-corrected chi connectivity index (χ2v) is 6.00. The lowest BCUT2D eigenvalue weighted by molar-refractivity contribution is 0.215. The van der Waals surface area contributed by atoms with E-state index in [2.05, 4.69) is 15.2 Å². The Bertz CT molecular complexity index is 713. The van der Waals surface area contributed by atoms with Gasteiger partial charge < -0.3 is 15.1 Å². The van der Waals surface area contributed by atoms with Crippen molar-refractivity contribution in [3.8, 4) is 0 Å². The summed E-state index contributed by atoms with van der Waals surface area (Å²) in [7, 11) is 0. The topological polar surface area (TPSA) is 48.5 Å². The van der Waals surface area contributed by atoms with Gasteiger partial charge in [-0.05, 0) is 36.8 Å². The smallest absolute Gasteiger partial charge is 0.321 e. The first-order chi connectivity index (χ1) is 11.6. The molecule has 1 N–H and O–H groups in total. The predicted octanol–water partition coefficient (Wildman–Crippen LogP) is 3.62. The summed E-state index contributed by atoms with van der Waals surface area (Å²) < 4.78 is 13.2. The third kappa shape index (κ3) is 3.94. The summed E-state index contributed by atoms with van der Waals surface area (Å²) in [6, 6.07) is 7.89. The molecule has 24 heavy (non-hydrogen) atoms. The monoisotopic (exact) mass is 348 g/mol. The van der Waals surface area contributed by atoms with Crippen molar-refractivity contribution in [2.24, 2.45) is 0 Å². The minimum absolute atomic E-state index is 0.00692. The first-order valence-corrected chi connectivity index (χ1v) is 8.17. The molecule has 3 rings (SSSR count). The molecule has 0 spiro atoms. The zero-order valence-corrected chi connectivity index (χ0v) is 13.8. The normalized spacial score (nSPS) is 15.1. The van der Waals surface area contributed by atoms with Crippen molar-refractivity contribution in [3.05, 3.63) is 53.6 Å². The number of nitrogens with zero attached hydrogens (tertiary/aromatic N) is 3. The maximum Gasteiger partial charge on any atom is 0.321 e. The van der Waals surface area contributed by atoms with Crippen LogP contribution in [0.25, 0.3) is 0 Å². The maximum absolute atomic E-state index is 13.2. The Morgan fingerprint density at radius 2 is 1.92 bits per heavy atom. The van der Waals surface area contributed by atoms with E-state index in [0.29, 0.717) is 18.8 Å². The van der Waals surface area contributed by atoms with Crippen molar-refractivity contribution in [2.75, 3.05) is 36.4 Å². The van der Waals surface area contributed by atoms with Gasteiger partial charge in [0, 0.05) is 49.9 Å². The van der Waals surface area contributed by atoms with E-state index in [-0.39, 0.29) is 11.1 Å². The fraction of sp³-hybridized carbons (Fsp3) is 0.294. The van der Waals surface area contributed by atoms with Crippen LogP contribution in [0.2, 0.25) is 5.02 Å². The molecule has 1 aliphatic rings. The van der Waals surface area contributed by atoms with E-state index in [1.807, 2.05) is 12.1 Å². The van der Waals surface area contributed by atoms with E-state index in [4.69, 9.17) is 11.6 Å². The Morgan fingerprint density at radius 3 is 2.67 bits per heavy atom. The van der Waals surface area contributed by atoms with Crippen molar-refractivity contribution < 1.29 is 9.18 Å². The van der Waals surface area contributed by atoms with Crippen LogP contribution in [0.1, 0.15) is 6.42 Å². The molecule has 1 fully saturated rings. The number of aromatic nitrogens is 1. The fourth-order valence-electron chi connectivity index (χ4n) is 2.71. The molecule has 1 aromatic carbocycles. The molecule has 0 bridgehead atoms. The number of carbonyl (C=O) groups is 1. The van der Waals surface area contributed by atoms with Crippen molar-refractivity contribution in [3.63, 3.8) is 0 Å². The van der Waals surface area contributed by atoms with E-state index >= 15 is 0 Å². The Balaban J connectivity index is 1.61. The minimum atomic E-state index is -0.502. The summed E-state index contributed by atoms with van der Waals surface area (Å²) in [5, 5.41) is 2.76. The Morgan fingerprint density at radius 1 is 1.12 bits per heavy atom. The van der Waals surface area contributed by atoms with Crippen LogP contribution in [-0.2, 0) is 0 Å². The summed E-state index contributed by atoms with van der Waals surface area (Å²) in [6.07, 6.45) is 4.41. The zero-order chi connectivity index (χ0) is 16.9. The van der Waals surface area contributed by atoms with Gasteiger partial charge in [-0.1, -0.05) is 11.6 Å². The SMILES string of the molecule is O=C(Nc1ccc(F)c(Cl)c1)N1CCCN(c2ccncc2)CC1. The van der Waals surface area contributed by atoms with Gasteiger partial charge in [0.05, 0.1) is 5.02 Å². The van der Waals surface area contributed by atoms with Gasteiger partial charge in [0.15, 0.2) is 0 Å². The number of hydrogen-bond donors (Lipinski definition) is 1. The van der Waals surface area contributed by atoms with Gasteiger partial charge >= 0.3 is 6.03 Å². The number of halogens is 2. The van der Waals surface area contributed by atoms with E-state index in [9.17, 15) is 9.18 Å². The summed E-state index contributed by atoms with van der Waals surface area (Å²) in [4.78, 5) is 20.4. The Labute approximate surface area is 145 Å². The van der Waals surface area contributed by atoms with E-state index < -0.39 is 5.82 Å². The molecule has 1 saturated heterocycles. The molecule has 5 nitrogen and oxygen atoms in total. The van der Waals surface area contributed by atoms with Gasteiger partial charge in [0.1, 0.15) is 5.82 Å². The first-order valence-electron chi connectivity index (χ1n) is 7.79. The molecular formula is C17H18ClFN4O. The average Bonchev–Trinajstić information content (AvgIpc) is 2.85. The quantitative estimate of drug-likeness (QED) is 0.901. The molecule has 126 valence electrons. The molecule has 0 unspecified atom stereocenters. The second kappa shape index (κ2) is 7.49. The minimum Gasteiger partial charge on any atom is -0.370 e. The van der Waals surface area contributed by atoms with Crippen LogP contribution in [0, 0.1) is 5.82 Å². The fourth-order valence-corrected chi connectivity index (χ4v) is 2.89. The number of benzene rings is 1. The summed E-state index contributed by atoms with van der Waals surface area (Å²) in [5.74, 6) is -0.502. The van der Waals surface area contributed by atoms with Crippen LogP contribution in [0.4, 0.5) is 20.6 Å². The standard InChI is InChI=1S/C17H18ClFN4O/c18-15-12-13(2-3-16(15)19)21-17(24)23-9-1-8-22(10-11-23)14-4-6-20-7-5-14/h2-7,12H,1,8-11H2,(H,21,24). The highest BCUT2D eigenvalue weighted by molar-refractivity contribution is 6.31. The highest BCUT2D eigenvalue weighted by atomic mass is 35.5. The highest BCUT2D eigenvalue weighted by Gasteiger charge is 2.19. The molecule has 0 aliphatic carbocycles. The molecule has 2 heterocycles. The largest absolute Gasteiger partial charge is 0.370 e. The number of urea groups is 1. The summed E-state index contributed by atoms with van der Waals surface area (Å²) in [5.41, 5.74) is 1.60. The van der Waals surface area contributed by atoms with Gasteiger partial charge in [-0.25, -0.2) is 9.18 Å². The lowest BCUT2D eigenvalue weighted by Crippen LogP contribution is -2.38. The number of hydrogen-bond acceptors (Lipinski definition) is 3. The predicted molar refractivity (Wildman–Crippen MR) is 93.1 cm³/mol. The number of carbonyl (C=O) groups excluding carboxylic acids is 1. The van der Waals surface area contributed by atoms with Crippen LogP contribution >= 0.6 is 11.6 Å². The zero-order valence-electron chi connectivity index (χ0n) is 13.1. The molecule has 1 aliphatic heterocycles. The van der Waals surface area contributed by atoms with Crippen molar-refractivity contribution in [1.82, 2.24) is 9.88 Å². The Kier molecular flexibility index (Phi) is 5.15. The van der Waals surface area contributed by atoms with E-state index in [1.54, 1.807) is 17.3 Å². The first kappa shape index (κ1) is 16.5. The average molecular weight is 349 g/mol. The molecule has 0 saturated carbocycles. The number of amides is 2. The second-order valence-electron chi connectivity index (χ2n) is 5.59. The van der Waals surface area contributed by atoms with E-state index in [0.717, 1.165) is 25.2 Å². The number of rotatable bonds is 2. The molecule has 0 radical (unpaired) electrons.